The minimum atomic E-state index is 0. The fourth-order valence-corrected chi connectivity index (χ4v) is 2.36. The fourth-order valence-electron chi connectivity index (χ4n) is 2.36. The summed E-state index contributed by atoms with van der Waals surface area (Å²) in [5.74, 6) is 0.975. The molecule has 0 aliphatic carbocycles. The zero-order valence-electron chi connectivity index (χ0n) is 12.3. The van der Waals surface area contributed by atoms with Gasteiger partial charge in [-0.25, -0.2) is 4.98 Å². The monoisotopic (exact) mass is 316 g/mol. The number of halogens is 1. The van der Waals surface area contributed by atoms with E-state index in [1.54, 1.807) is 25.3 Å². The van der Waals surface area contributed by atoms with Gasteiger partial charge in [-0.2, -0.15) is 0 Å². The van der Waals surface area contributed by atoms with Crippen LogP contribution in [0.4, 0.5) is 11.4 Å². The Morgan fingerprint density at radius 1 is 1.09 bits per heavy atom. The van der Waals surface area contributed by atoms with Crippen molar-refractivity contribution < 1.29 is 9.84 Å². The molecule has 0 aliphatic rings. The number of hydrogen-bond donors (Lipinski definition) is 2. The molecule has 1 aromatic heterocycles. The molecule has 5 heteroatoms. The Morgan fingerprint density at radius 3 is 2.59 bits per heavy atom. The molecule has 0 bridgehead atoms. The van der Waals surface area contributed by atoms with Crippen LogP contribution in [0.15, 0.2) is 48.5 Å². The lowest BCUT2D eigenvalue weighted by Gasteiger charge is -2.12. The van der Waals surface area contributed by atoms with E-state index < -0.39 is 0 Å². The summed E-state index contributed by atoms with van der Waals surface area (Å²) in [5, 5.41) is 13.9. The van der Waals surface area contributed by atoms with E-state index in [4.69, 9.17) is 4.74 Å². The first kappa shape index (κ1) is 15.9. The Bertz CT molecular complexity index is 806. The minimum Gasteiger partial charge on any atom is -0.508 e. The fraction of sp³-hybridized carbons (Fsp3) is 0.118. The van der Waals surface area contributed by atoms with Crippen LogP contribution in [0.3, 0.4) is 0 Å². The molecule has 3 rings (SSSR count). The second kappa shape index (κ2) is 6.54. The lowest BCUT2D eigenvalue weighted by molar-refractivity contribution is 0.419. The summed E-state index contributed by atoms with van der Waals surface area (Å²) in [4.78, 5) is 4.55. The van der Waals surface area contributed by atoms with Crippen molar-refractivity contribution in [1.82, 2.24) is 4.98 Å². The molecule has 3 aromatic rings. The van der Waals surface area contributed by atoms with Crippen molar-refractivity contribution in [3.05, 3.63) is 54.2 Å². The highest BCUT2D eigenvalue weighted by Gasteiger charge is 2.08. The predicted molar refractivity (Wildman–Crippen MR) is 91.7 cm³/mol. The van der Waals surface area contributed by atoms with Crippen LogP contribution in [0.2, 0.25) is 0 Å². The first-order chi connectivity index (χ1) is 10.2. The van der Waals surface area contributed by atoms with E-state index in [9.17, 15) is 5.11 Å². The number of aromatic hydroxyl groups is 1. The molecule has 1 heterocycles. The molecular weight excluding hydrogens is 300 g/mol. The smallest absolute Gasteiger partial charge is 0.145 e. The summed E-state index contributed by atoms with van der Waals surface area (Å²) in [6.07, 6.45) is 0. The van der Waals surface area contributed by atoms with Crippen molar-refractivity contribution in [2.75, 3.05) is 12.4 Å². The quantitative estimate of drug-likeness (QED) is 0.751. The first-order valence-corrected chi connectivity index (χ1v) is 6.68. The molecule has 114 valence electrons. The van der Waals surface area contributed by atoms with Gasteiger partial charge in [-0.15, -0.1) is 12.4 Å². The number of nitrogens with one attached hydrogen (secondary N) is 1. The molecule has 0 radical (unpaired) electrons. The van der Waals surface area contributed by atoms with Gasteiger partial charge in [0.2, 0.25) is 0 Å². The number of phenolic OH excluding ortho intramolecular Hbond substituents is 1. The van der Waals surface area contributed by atoms with E-state index in [1.807, 2.05) is 37.3 Å². The number of pyridine rings is 1. The zero-order chi connectivity index (χ0) is 14.8. The van der Waals surface area contributed by atoms with E-state index in [-0.39, 0.29) is 18.2 Å². The van der Waals surface area contributed by atoms with Gasteiger partial charge in [0.25, 0.3) is 0 Å². The van der Waals surface area contributed by atoms with Crippen molar-refractivity contribution in [3.8, 4) is 11.5 Å². The van der Waals surface area contributed by atoms with Crippen LogP contribution in [-0.4, -0.2) is 17.2 Å². The lowest BCUT2D eigenvalue weighted by atomic mass is 10.1. The van der Waals surface area contributed by atoms with Crippen LogP contribution in [0.5, 0.6) is 11.5 Å². The molecule has 0 amide bonds. The van der Waals surface area contributed by atoms with Gasteiger partial charge in [-0.05, 0) is 31.2 Å². The topological polar surface area (TPSA) is 54.4 Å². The highest BCUT2D eigenvalue weighted by Crippen LogP contribution is 2.32. The number of rotatable bonds is 3. The number of benzene rings is 2. The summed E-state index contributed by atoms with van der Waals surface area (Å²) < 4.78 is 5.38. The molecule has 0 spiro atoms. The van der Waals surface area contributed by atoms with Crippen LogP contribution < -0.4 is 10.1 Å². The number of nitrogens with zero attached hydrogens (tertiary/aromatic N) is 1. The number of para-hydroxylation sites is 1. The molecule has 0 saturated heterocycles. The Kier molecular flexibility index (Phi) is 4.73. The number of ether oxygens (including phenoxy) is 1. The van der Waals surface area contributed by atoms with E-state index in [1.165, 1.54) is 0 Å². The number of methoxy groups -OCH3 is 1. The molecule has 0 saturated carbocycles. The van der Waals surface area contributed by atoms with Gasteiger partial charge in [-0.1, -0.05) is 18.2 Å². The number of phenols is 1. The van der Waals surface area contributed by atoms with Gasteiger partial charge in [-0.3, -0.25) is 0 Å². The predicted octanol–water partition coefficient (Wildman–Crippen LogP) is 4.42. The third-order valence-corrected chi connectivity index (χ3v) is 3.28. The maximum absolute atomic E-state index is 9.57. The average Bonchev–Trinajstić information content (AvgIpc) is 2.46. The Hall–Kier alpha value is -2.46. The molecule has 0 atom stereocenters. The molecule has 2 aromatic carbocycles. The zero-order valence-corrected chi connectivity index (χ0v) is 13.1. The number of fused-ring (bicyclic) bond motifs is 1. The van der Waals surface area contributed by atoms with Crippen LogP contribution in [0, 0.1) is 6.92 Å². The second-order valence-corrected chi connectivity index (χ2v) is 4.84. The Balaban J connectivity index is 0.00000176. The maximum Gasteiger partial charge on any atom is 0.145 e. The standard InChI is InChI=1S/C17H16N2O2.ClH/c1-11-9-15(19-12-5-3-6-13(20)10-12)14-7-4-8-16(21-2)17(14)18-11;/h3-10,20H,1-2H3,(H,18,19);1H. The van der Waals surface area contributed by atoms with Crippen molar-refractivity contribution in [3.63, 3.8) is 0 Å². The Morgan fingerprint density at radius 2 is 1.86 bits per heavy atom. The molecule has 0 fully saturated rings. The number of aromatic nitrogens is 1. The van der Waals surface area contributed by atoms with Gasteiger partial charge < -0.3 is 15.2 Å². The minimum absolute atomic E-state index is 0. The van der Waals surface area contributed by atoms with E-state index >= 15 is 0 Å². The van der Waals surface area contributed by atoms with Gasteiger partial charge in [0.1, 0.15) is 17.0 Å². The summed E-state index contributed by atoms with van der Waals surface area (Å²) in [6.45, 7) is 1.94. The Labute approximate surface area is 135 Å². The highest BCUT2D eigenvalue weighted by atomic mass is 35.5. The molecule has 2 N–H and O–H groups in total. The average molecular weight is 317 g/mol. The molecule has 22 heavy (non-hydrogen) atoms. The summed E-state index contributed by atoms with van der Waals surface area (Å²) in [7, 11) is 1.64. The number of aryl methyl sites for hydroxylation is 1. The van der Waals surface area contributed by atoms with Crippen molar-refractivity contribution in [2.24, 2.45) is 0 Å². The van der Waals surface area contributed by atoms with Crippen molar-refractivity contribution in [2.45, 2.75) is 6.92 Å². The molecule has 4 nitrogen and oxygen atoms in total. The third-order valence-electron chi connectivity index (χ3n) is 3.28. The van der Waals surface area contributed by atoms with Crippen LogP contribution in [-0.2, 0) is 0 Å². The summed E-state index contributed by atoms with van der Waals surface area (Å²) >= 11 is 0. The van der Waals surface area contributed by atoms with Crippen LogP contribution in [0.1, 0.15) is 5.69 Å². The molecule has 0 aliphatic heterocycles. The number of hydrogen-bond acceptors (Lipinski definition) is 4. The van der Waals surface area contributed by atoms with Crippen LogP contribution in [0.25, 0.3) is 10.9 Å². The van der Waals surface area contributed by atoms with Gasteiger partial charge in [0.05, 0.1) is 7.11 Å². The van der Waals surface area contributed by atoms with Crippen LogP contribution >= 0.6 is 12.4 Å². The number of anilines is 2. The van der Waals surface area contributed by atoms with Gasteiger partial charge in [0.15, 0.2) is 0 Å². The van der Waals surface area contributed by atoms with Gasteiger partial charge >= 0.3 is 0 Å². The van der Waals surface area contributed by atoms with Gasteiger partial charge in [0, 0.05) is 28.5 Å². The second-order valence-electron chi connectivity index (χ2n) is 4.84. The first-order valence-electron chi connectivity index (χ1n) is 6.68. The van der Waals surface area contributed by atoms with E-state index in [0.29, 0.717) is 0 Å². The maximum atomic E-state index is 9.57. The molecule has 0 unspecified atom stereocenters. The molecular formula is C17H17ClN2O2. The summed E-state index contributed by atoms with van der Waals surface area (Å²) in [6, 6.07) is 14.8. The van der Waals surface area contributed by atoms with E-state index in [2.05, 4.69) is 10.3 Å². The van der Waals surface area contributed by atoms with E-state index in [0.717, 1.165) is 33.7 Å². The summed E-state index contributed by atoms with van der Waals surface area (Å²) in [5.41, 5.74) is 3.48. The highest BCUT2D eigenvalue weighted by molar-refractivity contribution is 5.96. The lowest BCUT2D eigenvalue weighted by Crippen LogP contribution is -1.96. The van der Waals surface area contributed by atoms with Crippen molar-refractivity contribution >= 4 is 34.7 Å². The normalized spacial score (nSPS) is 10.1. The third kappa shape index (κ3) is 3.07. The van der Waals surface area contributed by atoms with Crippen molar-refractivity contribution in [1.29, 1.82) is 0 Å². The SMILES string of the molecule is COc1cccc2c(Nc3cccc(O)c3)cc(C)nc12.Cl. The largest absolute Gasteiger partial charge is 0.508 e.